The van der Waals surface area contributed by atoms with E-state index in [9.17, 15) is 18.0 Å². The van der Waals surface area contributed by atoms with Crippen LogP contribution in [0.5, 0.6) is 17.2 Å². The van der Waals surface area contributed by atoms with Crippen LogP contribution in [-0.2, 0) is 14.8 Å². The molecule has 3 rings (SSSR count). The number of hydrogen-bond donors (Lipinski definition) is 1. The van der Waals surface area contributed by atoms with Crippen LogP contribution in [0, 0.1) is 6.92 Å². The van der Waals surface area contributed by atoms with Gasteiger partial charge in [-0.05, 0) is 36.8 Å². The molecular weight excluding hydrogens is 450 g/mol. The van der Waals surface area contributed by atoms with E-state index >= 15 is 0 Å². The third kappa shape index (κ3) is 5.37. The maximum atomic E-state index is 13.0. The smallest absolute Gasteiger partial charge is 0.260 e. The molecule has 0 aromatic heterocycles. The maximum absolute atomic E-state index is 13.0. The molecule has 1 heterocycles. The van der Waals surface area contributed by atoms with Crippen molar-refractivity contribution in [3.05, 3.63) is 47.5 Å². The number of rotatable bonds is 8. The van der Waals surface area contributed by atoms with E-state index in [2.05, 4.69) is 0 Å². The molecule has 0 unspecified atom stereocenters. The normalized spacial score (nSPS) is 14.6. The van der Waals surface area contributed by atoms with Crippen molar-refractivity contribution in [1.82, 2.24) is 9.21 Å². The van der Waals surface area contributed by atoms with Gasteiger partial charge in [-0.3, -0.25) is 9.59 Å². The summed E-state index contributed by atoms with van der Waals surface area (Å²) in [6.07, 6.45) is 0. The lowest BCUT2D eigenvalue weighted by atomic mass is 10.1. The molecule has 1 aliphatic heterocycles. The molecule has 0 spiro atoms. The quantitative estimate of drug-likeness (QED) is 0.601. The van der Waals surface area contributed by atoms with Crippen molar-refractivity contribution in [1.29, 1.82) is 0 Å². The van der Waals surface area contributed by atoms with Crippen molar-refractivity contribution < 1.29 is 32.2 Å². The Balaban J connectivity index is 1.62. The summed E-state index contributed by atoms with van der Waals surface area (Å²) in [4.78, 5) is 25.8. The first-order valence-corrected chi connectivity index (χ1v) is 11.6. The van der Waals surface area contributed by atoms with E-state index in [1.54, 1.807) is 18.2 Å². The van der Waals surface area contributed by atoms with E-state index in [-0.39, 0.29) is 54.9 Å². The second-order valence-corrected chi connectivity index (χ2v) is 9.39. The number of nitrogens with zero attached hydrogens (tertiary/aromatic N) is 2. The lowest BCUT2D eigenvalue weighted by Gasteiger charge is -2.34. The van der Waals surface area contributed by atoms with Crippen LogP contribution in [-0.4, -0.2) is 76.4 Å². The summed E-state index contributed by atoms with van der Waals surface area (Å²) >= 11 is 0. The van der Waals surface area contributed by atoms with Gasteiger partial charge in [0.25, 0.3) is 11.8 Å². The molecule has 1 fully saturated rings. The Morgan fingerprint density at radius 1 is 0.939 bits per heavy atom. The molecule has 2 N–H and O–H groups in total. The molecule has 0 radical (unpaired) electrons. The van der Waals surface area contributed by atoms with Gasteiger partial charge in [-0.1, -0.05) is 6.07 Å². The fraction of sp³-hybridized carbons (Fsp3) is 0.364. The van der Waals surface area contributed by atoms with Crippen molar-refractivity contribution in [3.63, 3.8) is 0 Å². The number of nitrogens with two attached hydrogens (primary N) is 1. The lowest BCUT2D eigenvalue weighted by Crippen LogP contribution is -2.51. The van der Waals surface area contributed by atoms with E-state index in [4.69, 9.17) is 19.9 Å². The number of carbonyl (C=O) groups excluding carboxylic acids is 2. The molecule has 2 aromatic rings. The van der Waals surface area contributed by atoms with Crippen LogP contribution < -0.4 is 19.9 Å². The van der Waals surface area contributed by atoms with Gasteiger partial charge in [0.2, 0.25) is 10.0 Å². The average molecular weight is 478 g/mol. The molecule has 1 aliphatic rings. The third-order valence-electron chi connectivity index (χ3n) is 5.34. The van der Waals surface area contributed by atoms with Crippen LogP contribution in [0.25, 0.3) is 0 Å². The number of piperazine rings is 1. The van der Waals surface area contributed by atoms with Crippen molar-refractivity contribution in [2.75, 3.05) is 47.0 Å². The summed E-state index contributed by atoms with van der Waals surface area (Å²) < 4.78 is 43.3. The molecule has 0 aliphatic carbocycles. The summed E-state index contributed by atoms with van der Waals surface area (Å²) in [5.41, 5.74) is 6.41. The van der Waals surface area contributed by atoms with Crippen molar-refractivity contribution in [3.8, 4) is 17.2 Å². The van der Waals surface area contributed by atoms with E-state index in [1.807, 2.05) is 6.92 Å². The van der Waals surface area contributed by atoms with Crippen LogP contribution in [0.1, 0.15) is 15.9 Å². The molecule has 178 valence electrons. The highest BCUT2D eigenvalue weighted by Gasteiger charge is 2.31. The highest BCUT2D eigenvalue weighted by Crippen LogP contribution is 2.31. The SMILES string of the molecule is COc1ccc(S(=O)(=O)N2CCN(C(=O)COc3cc(C)ccc3C(N)=O)CC2)cc1OC. The van der Waals surface area contributed by atoms with E-state index in [1.165, 1.54) is 41.6 Å². The number of benzene rings is 2. The number of amides is 2. The largest absolute Gasteiger partial charge is 0.493 e. The second kappa shape index (κ2) is 10.1. The van der Waals surface area contributed by atoms with Crippen LogP contribution >= 0.6 is 0 Å². The highest BCUT2D eigenvalue weighted by molar-refractivity contribution is 7.89. The van der Waals surface area contributed by atoms with Crippen LogP contribution in [0.3, 0.4) is 0 Å². The summed E-state index contributed by atoms with van der Waals surface area (Å²) in [5, 5.41) is 0. The number of aryl methyl sites for hydroxylation is 1. The molecule has 2 aromatic carbocycles. The molecule has 0 saturated carbocycles. The molecule has 33 heavy (non-hydrogen) atoms. The lowest BCUT2D eigenvalue weighted by molar-refractivity contribution is -0.134. The van der Waals surface area contributed by atoms with Crippen LogP contribution in [0.4, 0.5) is 0 Å². The van der Waals surface area contributed by atoms with Gasteiger partial charge in [-0.2, -0.15) is 4.31 Å². The predicted molar refractivity (Wildman–Crippen MR) is 120 cm³/mol. The standard InChI is InChI=1S/C22H27N3O7S/c1-15-4-6-17(22(23)27)19(12-15)32-14-21(26)24-8-10-25(11-9-24)33(28,29)16-5-7-18(30-2)20(13-16)31-3/h4-7,12-13H,8-11,14H2,1-3H3,(H2,23,27). The fourth-order valence-corrected chi connectivity index (χ4v) is 4.93. The molecule has 0 bridgehead atoms. The average Bonchev–Trinajstić information content (AvgIpc) is 2.81. The molecular formula is C22H27N3O7S. The minimum Gasteiger partial charge on any atom is -0.493 e. The van der Waals surface area contributed by atoms with E-state index in [0.29, 0.717) is 11.5 Å². The van der Waals surface area contributed by atoms with Crippen molar-refractivity contribution >= 4 is 21.8 Å². The Hall–Kier alpha value is -3.31. The summed E-state index contributed by atoms with van der Waals surface area (Å²) in [7, 11) is -0.860. The Morgan fingerprint density at radius 3 is 2.21 bits per heavy atom. The summed E-state index contributed by atoms with van der Waals surface area (Å²) in [5.74, 6) is 0.0306. The monoisotopic (exact) mass is 477 g/mol. The van der Waals surface area contributed by atoms with Gasteiger partial charge in [-0.15, -0.1) is 0 Å². The fourth-order valence-electron chi connectivity index (χ4n) is 3.49. The molecule has 11 heteroatoms. The number of carbonyl (C=O) groups is 2. The minimum absolute atomic E-state index is 0.0849. The zero-order valence-electron chi connectivity index (χ0n) is 18.7. The molecule has 2 amide bonds. The van der Waals surface area contributed by atoms with Gasteiger partial charge in [0.1, 0.15) is 5.75 Å². The number of hydrogen-bond acceptors (Lipinski definition) is 7. The maximum Gasteiger partial charge on any atom is 0.260 e. The van der Waals surface area contributed by atoms with Gasteiger partial charge in [0.05, 0.1) is 24.7 Å². The minimum atomic E-state index is -3.77. The topological polar surface area (TPSA) is 128 Å². The van der Waals surface area contributed by atoms with E-state index in [0.717, 1.165) is 5.56 Å². The molecule has 0 atom stereocenters. The van der Waals surface area contributed by atoms with Gasteiger partial charge < -0.3 is 24.8 Å². The molecule has 10 nitrogen and oxygen atoms in total. The highest BCUT2D eigenvalue weighted by atomic mass is 32.2. The third-order valence-corrected chi connectivity index (χ3v) is 7.23. The van der Waals surface area contributed by atoms with E-state index < -0.39 is 15.9 Å². The van der Waals surface area contributed by atoms with Crippen LogP contribution in [0.15, 0.2) is 41.3 Å². The Morgan fingerprint density at radius 2 is 1.61 bits per heavy atom. The van der Waals surface area contributed by atoms with Crippen molar-refractivity contribution in [2.45, 2.75) is 11.8 Å². The van der Waals surface area contributed by atoms with Crippen molar-refractivity contribution in [2.24, 2.45) is 5.73 Å². The first-order valence-electron chi connectivity index (χ1n) is 10.2. The second-order valence-electron chi connectivity index (χ2n) is 7.45. The number of methoxy groups -OCH3 is 2. The summed E-state index contributed by atoms with van der Waals surface area (Å²) in [6.45, 7) is 2.25. The van der Waals surface area contributed by atoms with Crippen LogP contribution in [0.2, 0.25) is 0 Å². The van der Waals surface area contributed by atoms with Gasteiger partial charge in [-0.25, -0.2) is 8.42 Å². The zero-order valence-corrected chi connectivity index (χ0v) is 19.6. The Kier molecular flexibility index (Phi) is 7.44. The number of primary amides is 1. The Bertz CT molecular complexity index is 1140. The number of ether oxygens (including phenoxy) is 3. The van der Waals surface area contributed by atoms with Gasteiger partial charge >= 0.3 is 0 Å². The van der Waals surface area contributed by atoms with Gasteiger partial charge in [0.15, 0.2) is 18.1 Å². The Labute approximate surface area is 192 Å². The zero-order chi connectivity index (χ0) is 24.2. The van der Waals surface area contributed by atoms with Gasteiger partial charge in [0, 0.05) is 32.2 Å². The first kappa shape index (κ1) is 24.3. The first-order chi connectivity index (χ1) is 15.7. The summed E-state index contributed by atoms with van der Waals surface area (Å²) in [6, 6.07) is 9.33. The number of sulfonamides is 1. The predicted octanol–water partition coefficient (Wildman–Crippen LogP) is 1.02. The molecule has 1 saturated heterocycles.